The zero-order valence-electron chi connectivity index (χ0n) is 8.22. The summed E-state index contributed by atoms with van der Waals surface area (Å²) in [7, 11) is 0. The number of anilines is 2. The molecule has 0 aromatic carbocycles. The summed E-state index contributed by atoms with van der Waals surface area (Å²) in [5, 5.41) is 5.89. The molecule has 0 unspecified atom stereocenters. The fourth-order valence-corrected chi connectivity index (χ4v) is 1.49. The summed E-state index contributed by atoms with van der Waals surface area (Å²) < 4.78 is 0. The van der Waals surface area contributed by atoms with Gasteiger partial charge in [-0.15, -0.1) is 0 Å². The van der Waals surface area contributed by atoms with E-state index >= 15 is 0 Å². The number of aromatic nitrogens is 2. The molecule has 1 aromatic heterocycles. The fraction of sp³-hybridized carbons (Fsp3) is 0.444. The highest BCUT2D eigenvalue weighted by atomic mass is 16.1. The normalized spacial score (nSPS) is 15.1. The largest absolute Gasteiger partial charge is 0.368 e. The van der Waals surface area contributed by atoms with Crippen LogP contribution in [-0.2, 0) is 4.79 Å². The first-order valence-electron chi connectivity index (χ1n) is 4.56. The SMILES string of the molecule is Cc1nc(C)c2c(n1)NCCC(=O)N2. The molecule has 5 heteroatoms. The molecule has 1 aromatic rings. The molecule has 0 aliphatic carbocycles. The monoisotopic (exact) mass is 192 g/mol. The highest BCUT2D eigenvalue weighted by Gasteiger charge is 2.16. The topological polar surface area (TPSA) is 66.9 Å². The first-order chi connectivity index (χ1) is 6.66. The average molecular weight is 192 g/mol. The van der Waals surface area contributed by atoms with Gasteiger partial charge in [0.15, 0.2) is 5.82 Å². The Kier molecular flexibility index (Phi) is 2.07. The van der Waals surface area contributed by atoms with E-state index in [2.05, 4.69) is 20.6 Å². The zero-order valence-corrected chi connectivity index (χ0v) is 8.22. The molecule has 0 bridgehead atoms. The summed E-state index contributed by atoms with van der Waals surface area (Å²) in [6, 6.07) is 0. The number of carbonyl (C=O) groups is 1. The molecule has 2 rings (SSSR count). The Hall–Kier alpha value is -1.65. The second-order valence-electron chi connectivity index (χ2n) is 3.30. The molecular weight excluding hydrogens is 180 g/mol. The molecule has 0 atom stereocenters. The van der Waals surface area contributed by atoms with Crippen LogP contribution in [0.25, 0.3) is 0 Å². The van der Waals surface area contributed by atoms with Gasteiger partial charge in [0.05, 0.1) is 5.69 Å². The van der Waals surface area contributed by atoms with E-state index in [1.54, 1.807) is 0 Å². The van der Waals surface area contributed by atoms with Gasteiger partial charge in [-0.05, 0) is 13.8 Å². The molecule has 1 amide bonds. The molecule has 2 heterocycles. The number of fused-ring (bicyclic) bond motifs is 1. The molecule has 5 nitrogen and oxygen atoms in total. The number of carbonyl (C=O) groups excluding carboxylic acids is 1. The van der Waals surface area contributed by atoms with E-state index in [0.717, 1.165) is 11.5 Å². The van der Waals surface area contributed by atoms with Crippen LogP contribution in [0.15, 0.2) is 0 Å². The second-order valence-corrected chi connectivity index (χ2v) is 3.30. The van der Waals surface area contributed by atoms with Gasteiger partial charge < -0.3 is 10.6 Å². The molecule has 0 saturated carbocycles. The van der Waals surface area contributed by atoms with Crippen LogP contribution in [0.5, 0.6) is 0 Å². The number of rotatable bonds is 0. The maximum atomic E-state index is 11.3. The summed E-state index contributed by atoms with van der Waals surface area (Å²) in [6.07, 6.45) is 0.467. The van der Waals surface area contributed by atoms with E-state index in [1.165, 1.54) is 0 Å². The van der Waals surface area contributed by atoms with Crippen molar-refractivity contribution >= 4 is 17.4 Å². The maximum Gasteiger partial charge on any atom is 0.226 e. The lowest BCUT2D eigenvalue weighted by molar-refractivity contribution is -0.115. The number of nitrogens with zero attached hydrogens (tertiary/aromatic N) is 2. The minimum atomic E-state index is 0.00630. The summed E-state index contributed by atoms with van der Waals surface area (Å²) in [5.41, 5.74) is 1.51. The maximum absolute atomic E-state index is 11.3. The van der Waals surface area contributed by atoms with Crippen molar-refractivity contribution in [3.63, 3.8) is 0 Å². The van der Waals surface area contributed by atoms with Crippen molar-refractivity contribution < 1.29 is 4.79 Å². The Morgan fingerprint density at radius 2 is 2.07 bits per heavy atom. The van der Waals surface area contributed by atoms with Crippen molar-refractivity contribution in [2.75, 3.05) is 17.2 Å². The van der Waals surface area contributed by atoms with Crippen molar-refractivity contribution in [3.8, 4) is 0 Å². The zero-order chi connectivity index (χ0) is 10.1. The lowest BCUT2D eigenvalue weighted by atomic mass is 10.3. The number of hydrogen-bond donors (Lipinski definition) is 2. The highest BCUT2D eigenvalue weighted by Crippen LogP contribution is 2.24. The predicted molar refractivity (Wildman–Crippen MR) is 53.2 cm³/mol. The minimum Gasteiger partial charge on any atom is -0.368 e. The van der Waals surface area contributed by atoms with Crippen LogP contribution >= 0.6 is 0 Å². The third-order valence-electron chi connectivity index (χ3n) is 2.11. The lowest BCUT2D eigenvalue weighted by Crippen LogP contribution is -2.12. The number of aryl methyl sites for hydroxylation is 2. The molecule has 0 radical (unpaired) electrons. The summed E-state index contributed by atoms with van der Waals surface area (Å²) in [5.74, 6) is 1.44. The number of nitrogens with one attached hydrogen (secondary N) is 2. The smallest absolute Gasteiger partial charge is 0.226 e. The van der Waals surface area contributed by atoms with E-state index in [4.69, 9.17) is 0 Å². The molecule has 0 spiro atoms. The second kappa shape index (κ2) is 3.25. The first kappa shape index (κ1) is 8.93. The van der Waals surface area contributed by atoms with Gasteiger partial charge in [0, 0.05) is 13.0 Å². The molecule has 1 aliphatic heterocycles. The quantitative estimate of drug-likeness (QED) is 0.639. The van der Waals surface area contributed by atoms with Crippen LogP contribution in [0.4, 0.5) is 11.5 Å². The van der Waals surface area contributed by atoms with Crippen LogP contribution in [0, 0.1) is 13.8 Å². The molecule has 14 heavy (non-hydrogen) atoms. The van der Waals surface area contributed by atoms with Crippen molar-refractivity contribution in [1.82, 2.24) is 9.97 Å². The van der Waals surface area contributed by atoms with Gasteiger partial charge in [-0.2, -0.15) is 0 Å². The van der Waals surface area contributed by atoms with Gasteiger partial charge in [-0.25, -0.2) is 9.97 Å². The van der Waals surface area contributed by atoms with Gasteiger partial charge >= 0.3 is 0 Å². The Morgan fingerprint density at radius 1 is 1.29 bits per heavy atom. The summed E-state index contributed by atoms with van der Waals surface area (Å²) >= 11 is 0. The van der Waals surface area contributed by atoms with Crippen LogP contribution < -0.4 is 10.6 Å². The molecule has 0 fully saturated rings. The van der Waals surface area contributed by atoms with Crippen molar-refractivity contribution in [3.05, 3.63) is 11.5 Å². The third-order valence-corrected chi connectivity index (χ3v) is 2.11. The van der Waals surface area contributed by atoms with Crippen LogP contribution in [0.3, 0.4) is 0 Å². The van der Waals surface area contributed by atoms with Crippen LogP contribution in [0.1, 0.15) is 17.9 Å². The predicted octanol–water partition coefficient (Wildman–Crippen LogP) is 0.848. The summed E-state index contributed by atoms with van der Waals surface area (Å²) in [6.45, 7) is 4.32. The van der Waals surface area contributed by atoms with E-state index in [-0.39, 0.29) is 5.91 Å². The third kappa shape index (κ3) is 1.53. The van der Waals surface area contributed by atoms with Gasteiger partial charge in [0.25, 0.3) is 0 Å². The van der Waals surface area contributed by atoms with E-state index < -0.39 is 0 Å². The van der Waals surface area contributed by atoms with Crippen molar-refractivity contribution in [1.29, 1.82) is 0 Å². The Bertz CT molecular complexity index is 389. The first-order valence-corrected chi connectivity index (χ1v) is 4.56. The summed E-state index contributed by atoms with van der Waals surface area (Å²) in [4.78, 5) is 19.7. The van der Waals surface area contributed by atoms with E-state index in [9.17, 15) is 4.79 Å². The Morgan fingerprint density at radius 3 is 2.86 bits per heavy atom. The molecule has 74 valence electrons. The number of amides is 1. The average Bonchev–Trinajstić information content (AvgIpc) is 2.27. The fourth-order valence-electron chi connectivity index (χ4n) is 1.49. The van der Waals surface area contributed by atoms with E-state index in [1.807, 2.05) is 13.8 Å². The minimum absolute atomic E-state index is 0.00630. The van der Waals surface area contributed by atoms with Crippen molar-refractivity contribution in [2.45, 2.75) is 20.3 Å². The lowest BCUT2D eigenvalue weighted by Gasteiger charge is -2.09. The number of hydrogen-bond acceptors (Lipinski definition) is 4. The van der Waals surface area contributed by atoms with E-state index in [0.29, 0.717) is 24.5 Å². The molecule has 2 N–H and O–H groups in total. The van der Waals surface area contributed by atoms with Crippen LogP contribution in [-0.4, -0.2) is 22.4 Å². The van der Waals surface area contributed by atoms with Gasteiger partial charge in [0.1, 0.15) is 11.5 Å². The van der Waals surface area contributed by atoms with Gasteiger partial charge in [-0.3, -0.25) is 4.79 Å². The van der Waals surface area contributed by atoms with Gasteiger partial charge in [0.2, 0.25) is 5.91 Å². The van der Waals surface area contributed by atoms with Gasteiger partial charge in [-0.1, -0.05) is 0 Å². The van der Waals surface area contributed by atoms with Crippen LogP contribution in [0.2, 0.25) is 0 Å². The highest BCUT2D eigenvalue weighted by molar-refractivity contribution is 5.95. The molecule has 0 saturated heterocycles. The van der Waals surface area contributed by atoms with Crippen molar-refractivity contribution in [2.24, 2.45) is 0 Å². The Labute approximate surface area is 82.0 Å². The Balaban J connectivity index is 2.50. The molecular formula is C9H12N4O. The standard InChI is InChI=1S/C9H12N4O/c1-5-8-9(12-6(2)11-5)10-4-3-7(14)13-8/h3-4H2,1-2H3,(H,13,14)(H,10,11,12). The molecule has 1 aliphatic rings.